The first kappa shape index (κ1) is 24.4. The number of carbonyl (C=O) groups is 1. The molecule has 2 fully saturated rings. The molecule has 0 spiro atoms. The molecule has 0 aromatic heterocycles. The summed E-state index contributed by atoms with van der Waals surface area (Å²) in [5.41, 5.74) is 2.07. The Hall–Kier alpha value is -1.70. The van der Waals surface area contributed by atoms with Crippen LogP contribution in [0.5, 0.6) is 0 Å². The van der Waals surface area contributed by atoms with Crippen molar-refractivity contribution in [2.24, 2.45) is 5.92 Å². The Bertz CT molecular complexity index is 1000. The normalized spacial score (nSPS) is 18.2. The summed E-state index contributed by atoms with van der Waals surface area (Å²) in [7, 11) is 0. The summed E-state index contributed by atoms with van der Waals surface area (Å²) >= 11 is 14.8. The summed E-state index contributed by atoms with van der Waals surface area (Å²) in [6.45, 7) is 5.69. The highest BCUT2D eigenvalue weighted by molar-refractivity contribution is 7.99. The van der Waals surface area contributed by atoms with Gasteiger partial charge in [0, 0.05) is 35.1 Å². The molecule has 2 aromatic carbocycles. The Morgan fingerprint density at radius 1 is 1.09 bits per heavy atom. The van der Waals surface area contributed by atoms with Gasteiger partial charge in [0.2, 0.25) is 0 Å². The third-order valence-electron chi connectivity index (χ3n) is 6.10. The molecule has 2 heterocycles. The average molecular weight is 507 g/mol. The van der Waals surface area contributed by atoms with Crippen LogP contribution in [0.15, 0.2) is 52.3 Å². The maximum absolute atomic E-state index is 11.1. The van der Waals surface area contributed by atoms with Crippen LogP contribution < -0.4 is 4.90 Å². The first-order chi connectivity index (χ1) is 16.0. The Morgan fingerprint density at radius 3 is 2.58 bits per heavy atom. The number of benzene rings is 2. The van der Waals surface area contributed by atoms with E-state index >= 15 is 0 Å². The van der Waals surface area contributed by atoms with Crippen LogP contribution in [0.2, 0.25) is 10.0 Å². The fraction of sp³-hybridized carbons (Fsp3) is 0.400. The van der Waals surface area contributed by atoms with Crippen molar-refractivity contribution in [3.05, 3.63) is 58.1 Å². The molecule has 0 unspecified atom stereocenters. The van der Waals surface area contributed by atoms with E-state index in [4.69, 9.17) is 33.0 Å². The molecule has 0 aliphatic carbocycles. The van der Waals surface area contributed by atoms with E-state index in [9.17, 15) is 4.79 Å². The highest BCUT2D eigenvalue weighted by atomic mass is 35.5. The standard InChI is InChI=1S/C25H28Cl2N2O3S/c26-23-18(3-2-10-28-11-8-19(9-12-28)25(30)31)6-7-22(24(23)27)33-21-5-1-4-20(17-21)29-13-15-32-16-14-29/h1-7,17,19H,8-16H2,(H,30,31)/b3-2+. The largest absolute Gasteiger partial charge is 0.481 e. The number of carboxylic acid groups (broad SMARTS) is 1. The van der Waals surface area contributed by atoms with Crippen LogP contribution in [0.25, 0.3) is 6.08 Å². The zero-order chi connectivity index (χ0) is 23.2. The molecule has 33 heavy (non-hydrogen) atoms. The van der Waals surface area contributed by atoms with E-state index in [1.54, 1.807) is 11.8 Å². The van der Waals surface area contributed by atoms with Crippen LogP contribution in [0.4, 0.5) is 5.69 Å². The van der Waals surface area contributed by atoms with E-state index in [1.165, 1.54) is 5.69 Å². The van der Waals surface area contributed by atoms with Gasteiger partial charge >= 0.3 is 5.97 Å². The maximum Gasteiger partial charge on any atom is 0.306 e. The number of morpholine rings is 1. The first-order valence-corrected chi connectivity index (χ1v) is 12.8. The Labute approximate surface area is 209 Å². The summed E-state index contributed by atoms with van der Waals surface area (Å²) in [6.07, 6.45) is 5.46. The fourth-order valence-corrected chi connectivity index (χ4v) is 5.62. The van der Waals surface area contributed by atoms with Crippen molar-refractivity contribution in [3.63, 3.8) is 0 Å². The molecule has 8 heteroatoms. The van der Waals surface area contributed by atoms with E-state index in [0.717, 1.165) is 61.3 Å². The number of hydrogen-bond donors (Lipinski definition) is 1. The van der Waals surface area contributed by atoms with E-state index in [1.807, 2.05) is 18.2 Å². The number of ether oxygens (including phenoxy) is 1. The first-order valence-electron chi connectivity index (χ1n) is 11.2. The van der Waals surface area contributed by atoms with Crippen molar-refractivity contribution in [1.82, 2.24) is 4.90 Å². The van der Waals surface area contributed by atoms with Crippen LogP contribution in [0, 0.1) is 5.92 Å². The third-order valence-corrected chi connectivity index (χ3v) is 8.15. The molecule has 2 aliphatic heterocycles. The average Bonchev–Trinajstić information content (AvgIpc) is 2.84. The van der Waals surface area contributed by atoms with Gasteiger partial charge in [-0.15, -0.1) is 0 Å². The maximum atomic E-state index is 11.1. The summed E-state index contributed by atoms with van der Waals surface area (Å²) in [4.78, 5) is 17.7. The van der Waals surface area contributed by atoms with Gasteiger partial charge in [-0.2, -0.15) is 0 Å². The molecule has 2 saturated heterocycles. The SMILES string of the molecule is O=C(O)C1CCN(C/C=C/c2ccc(Sc3cccc(N4CCOCC4)c3)c(Cl)c2Cl)CC1. The van der Waals surface area contributed by atoms with Crippen molar-refractivity contribution in [1.29, 1.82) is 0 Å². The van der Waals surface area contributed by atoms with Gasteiger partial charge in [0.1, 0.15) is 0 Å². The highest BCUT2D eigenvalue weighted by Crippen LogP contribution is 2.40. The molecule has 0 bridgehead atoms. The number of likely N-dealkylation sites (tertiary alicyclic amines) is 1. The van der Waals surface area contributed by atoms with E-state index < -0.39 is 5.97 Å². The van der Waals surface area contributed by atoms with Crippen molar-refractivity contribution in [2.45, 2.75) is 22.6 Å². The smallest absolute Gasteiger partial charge is 0.306 e. The van der Waals surface area contributed by atoms with Crippen LogP contribution in [0.3, 0.4) is 0 Å². The summed E-state index contributed by atoms with van der Waals surface area (Å²) < 4.78 is 5.45. The minimum atomic E-state index is -0.683. The molecule has 0 radical (unpaired) electrons. The van der Waals surface area contributed by atoms with Gasteiger partial charge in [-0.3, -0.25) is 9.69 Å². The number of nitrogens with zero attached hydrogens (tertiary/aromatic N) is 2. The van der Waals surface area contributed by atoms with Crippen molar-refractivity contribution in [2.75, 3.05) is 50.8 Å². The second-order valence-electron chi connectivity index (χ2n) is 8.30. The molecule has 1 N–H and O–H groups in total. The summed E-state index contributed by atoms with van der Waals surface area (Å²) in [5, 5.41) is 10.2. The number of aliphatic carboxylic acids is 1. The molecule has 5 nitrogen and oxygen atoms in total. The Kier molecular flexibility index (Phi) is 8.61. The van der Waals surface area contributed by atoms with Crippen molar-refractivity contribution >= 4 is 52.7 Å². The van der Waals surface area contributed by atoms with Gasteiger partial charge in [-0.25, -0.2) is 0 Å². The number of carboxylic acids is 1. The van der Waals surface area contributed by atoms with Crippen molar-refractivity contribution in [3.8, 4) is 0 Å². The molecule has 4 rings (SSSR count). The van der Waals surface area contributed by atoms with E-state index in [0.29, 0.717) is 22.9 Å². The summed E-state index contributed by atoms with van der Waals surface area (Å²) in [6, 6.07) is 12.5. The lowest BCUT2D eigenvalue weighted by Gasteiger charge is -2.29. The minimum absolute atomic E-state index is 0.210. The van der Waals surface area contributed by atoms with Gasteiger partial charge in [0.15, 0.2) is 0 Å². The van der Waals surface area contributed by atoms with Gasteiger partial charge in [0.25, 0.3) is 0 Å². The lowest BCUT2D eigenvalue weighted by Crippen LogP contribution is -2.36. The number of piperidine rings is 1. The van der Waals surface area contributed by atoms with Gasteiger partial charge < -0.3 is 14.7 Å². The Balaban J connectivity index is 1.37. The van der Waals surface area contributed by atoms with E-state index in [2.05, 4.69) is 40.1 Å². The zero-order valence-corrected chi connectivity index (χ0v) is 20.7. The van der Waals surface area contributed by atoms with Crippen LogP contribution in [0.1, 0.15) is 18.4 Å². The monoisotopic (exact) mass is 506 g/mol. The zero-order valence-electron chi connectivity index (χ0n) is 18.4. The molecule has 0 amide bonds. The van der Waals surface area contributed by atoms with Crippen LogP contribution in [-0.4, -0.2) is 61.9 Å². The second kappa shape index (κ2) is 11.6. The molecular weight excluding hydrogens is 479 g/mol. The minimum Gasteiger partial charge on any atom is -0.481 e. The lowest BCUT2D eigenvalue weighted by molar-refractivity contribution is -0.143. The van der Waals surface area contributed by atoms with Gasteiger partial charge in [0.05, 0.1) is 29.2 Å². The van der Waals surface area contributed by atoms with Crippen molar-refractivity contribution < 1.29 is 14.6 Å². The van der Waals surface area contributed by atoms with Gasteiger partial charge in [-0.05, 0) is 55.8 Å². The number of halogens is 2. The molecule has 0 saturated carbocycles. The Morgan fingerprint density at radius 2 is 1.85 bits per heavy atom. The number of anilines is 1. The summed E-state index contributed by atoms with van der Waals surface area (Å²) in [5.74, 6) is -0.893. The molecule has 176 valence electrons. The fourth-order valence-electron chi connectivity index (χ4n) is 4.14. The molecule has 2 aromatic rings. The highest BCUT2D eigenvalue weighted by Gasteiger charge is 2.23. The quantitative estimate of drug-likeness (QED) is 0.512. The lowest BCUT2D eigenvalue weighted by atomic mass is 9.97. The predicted octanol–water partition coefficient (Wildman–Crippen LogP) is 5.79. The number of rotatable bonds is 7. The second-order valence-corrected chi connectivity index (χ2v) is 10.2. The third kappa shape index (κ3) is 6.46. The van der Waals surface area contributed by atoms with Crippen LogP contribution >= 0.6 is 35.0 Å². The van der Waals surface area contributed by atoms with E-state index in [-0.39, 0.29) is 5.92 Å². The molecular formula is C25H28Cl2N2O3S. The van der Waals surface area contributed by atoms with Crippen LogP contribution in [-0.2, 0) is 9.53 Å². The molecule has 0 atom stereocenters. The molecule has 2 aliphatic rings. The topological polar surface area (TPSA) is 53.0 Å². The van der Waals surface area contributed by atoms with Gasteiger partial charge in [-0.1, -0.05) is 59.2 Å². The predicted molar refractivity (Wildman–Crippen MR) is 136 cm³/mol. The number of hydrogen-bond acceptors (Lipinski definition) is 5.